The van der Waals surface area contributed by atoms with Crippen molar-refractivity contribution in [3.63, 3.8) is 0 Å². The van der Waals surface area contributed by atoms with E-state index in [4.69, 9.17) is 11.6 Å². The van der Waals surface area contributed by atoms with E-state index >= 15 is 0 Å². The number of halogens is 1. The average molecular weight is 343 g/mol. The highest BCUT2D eigenvalue weighted by atomic mass is 35.5. The number of nitrogens with zero attached hydrogens (tertiary/aromatic N) is 1. The molecule has 0 bridgehead atoms. The van der Waals surface area contributed by atoms with Crippen LogP contribution in [0, 0.1) is 0 Å². The number of rotatable bonds is 4. The maximum absolute atomic E-state index is 12.2. The largest absolute Gasteiger partial charge is 0.338 e. The third kappa shape index (κ3) is 5.44. The number of sulfonamides is 1. The molecule has 22 heavy (non-hydrogen) atoms. The smallest absolute Gasteiger partial charge is 0.246 e. The summed E-state index contributed by atoms with van der Waals surface area (Å²) in [6.45, 7) is 1.04. The monoisotopic (exact) mass is 342 g/mol. The Morgan fingerprint density at radius 1 is 1.36 bits per heavy atom. The van der Waals surface area contributed by atoms with Crippen LogP contribution in [0.2, 0.25) is 5.02 Å². The predicted molar refractivity (Wildman–Crippen MR) is 88.1 cm³/mol. The Bertz CT molecular complexity index is 656. The van der Waals surface area contributed by atoms with Crippen molar-refractivity contribution in [2.45, 2.75) is 18.9 Å². The van der Waals surface area contributed by atoms with E-state index in [1.165, 1.54) is 6.08 Å². The van der Waals surface area contributed by atoms with E-state index < -0.39 is 10.0 Å². The summed E-state index contributed by atoms with van der Waals surface area (Å²) in [5, 5.41) is 0.647. The molecule has 1 aliphatic rings. The number of hydrogen-bond acceptors (Lipinski definition) is 3. The molecule has 1 saturated heterocycles. The molecule has 0 radical (unpaired) electrons. The molecule has 1 atom stereocenters. The molecule has 7 heteroatoms. The maximum atomic E-state index is 12.2. The number of carbonyl (C=O) groups excluding carboxylic acids is 1. The summed E-state index contributed by atoms with van der Waals surface area (Å²) in [6.07, 6.45) is 5.90. The van der Waals surface area contributed by atoms with Crippen molar-refractivity contribution in [3.8, 4) is 0 Å². The lowest BCUT2D eigenvalue weighted by molar-refractivity contribution is -0.127. The fraction of sp³-hybridized carbons (Fsp3) is 0.400. The fourth-order valence-electron chi connectivity index (χ4n) is 2.42. The van der Waals surface area contributed by atoms with Crippen molar-refractivity contribution in [3.05, 3.63) is 40.9 Å². The molecule has 1 aromatic carbocycles. The zero-order valence-electron chi connectivity index (χ0n) is 12.3. The van der Waals surface area contributed by atoms with Gasteiger partial charge in [-0.25, -0.2) is 13.1 Å². The highest BCUT2D eigenvalue weighted by Gasteiger charge is 2.24. The highest BCUT2D eigenvalue weighted by molar-refractivity contribution is 7.88. The molecule has 1 aromatic rings. The first-order valence-electron chi connectivity index (χ1n) is 7.03. The van der Waals surface area contributed by atoms with Crippen LogP contribution in [0.15, 0.2) is 30.3 Å². The van der Waals surface area contributed by atoms with Crippen LogP contribution in [0.25, 0.3) is 6.08 Å². The van der Waals surface area contributed by atoms with Gasteiger partial charge in [0.25, 0.3) is 0 Å². The van der Waals surface area contributed by atoms with E-state index in [0.29, 0.717) is 18.1 Å². The fourth-order valence-corrected chi connectivity index (χ4v) is 3.35. The maximum Gasteiger partial charge on any atom is 0.246 e. The van der Waals surface area contributed by atoms with Crippen LogP contribution in [0.4, 0.5) is 0 Å². The third-order valence-electron chi connectivity index (χ3n) is 3.40. The van der Waals surface area contributed by atoms with Crippen LogP contribution in [0.1, 0.15) is 18.4 Å². The van der Waals surface area contributed by atoms with Crippen molar-refractivity contribution >= 4 is 33.6 Å². The molecular formula is C15H19ClN2O3S. The van der Waals surface area contributed by atoms with Crippen molar-refractivity contribution in [1.29, 1.82) is 0 Å². The summed E-state index contributed by atoms with van der Waals surface area (Å²) in [4.78, 5) is 13.9. The van der Waals surface area contributed by atoms with E-state index in [1.807, 2.05) is 12.1 Å². The number of carbonyl (C=O) groups is 1. The van der Waals surface area contributed by atoms with Gasteiger partial charge < -0.3 is 4.90 Å². The molecule has 2 rings (SSSR count). The molecule has 0 aromatic heterocycles. The number of benzene rings is 1. The zero-order valence-corrected chi connectivity index (χ0v) is 13.9. The summed E-state index contributed by atoms with van der Waals surface area (Å²) in [6, 6.07) is 6.97. The van der Waals surface area contributed by atoms with Gasteiger partial charge in [-0.2, -0.15) is 0 Å². The third-order valence-corrected chi connectivity index (χ3v) is 4.42. The van der Waals surface area contributed by atoms with E-state index in [0.717, 1.165) is 24.7 Å². The Morgan fingerprint density at radius 2 is 2.05 bits per heavy atom. The van der Waals surface area contributed by atoms with E-state index in [2.05, 4.69) is 4.72 Å². The SMILES string of the molecule is CS(=O)(=O)N[C@H]1CCCN(C(=O)/C=C/c2ccc(Cl)cc2)C1. The van der Waals surface area contributed by atoms with Gasteiger partial charge in [-0.1, -0.05) is 23.7 Å². The minimum Gasteiger partial charge on any atom is -0.338 e. The van der Waals surface area contributed by atoms with Crippen LogP contribution >= 0.6 is 11.6 Å². The summed E-state index contributed by atoms with van der Waals surface area (Å²) < 4.78 is 25.1. The second-order valence-electron chi connectivity index (χ2n) is 5.40. The lowest BCUT2D eigenvalue weighted by Gasteiger charge is -2.32. The molecule has 1 fully saturated rings. The van der Waals surface area contributed by atoms with Crippen LogP contribution in [-0.4, -0.2) is 44.6 Å². The number of nitrogens with one attached hydrogen (secondary N) is 1. The second-order valence-corrected chi connectivity index (χ2v) is 7.61. The van der Waals surface area contributed by atoms with Crippen LogP contribution in [0.5, 0.6) is 0 Å². The molecule has 5 nitrogen and oxygen atoms in total. The lowest BCUT2D eigenvalue weighted by atomic mass is 10.1. The zero-order chi connectivity index (χ0) is 16.2. The Kier molecular flexibility index (Phi) is 5.61. The van der Waals surface area contributed by atoms with Crippen molar-refractivity contribution in [1.82, 2.24) is 9.62 Å². The molecule has 0 aliphatic carbocycles. The topological polar surface area (TPSA) is 66.5 Å². The average Bonchev–Trinajstić information content (AvgIpc) is 2.45. The summed E-state index contributed by atoms with van der Waals surface area (Å²) in [7, 11) is -3.25. The minimum absolute atomic E-state index is 0.116. The number of hydrogen-bond donors (Lipinski definition) is 1. The molecule has 1 N–H and O–H groups in total. The number of piperidine rings is 1. The van der Waals surface area contributed by atoms with Crippen molar-refractivity contribution < 1.29 is 13.2 Å². The normalized spacial score (nSPS) is 19.5. The van der Waals surface area contributed by atoms with Gasteiger partial charge >= 0.3 is 0 Å². The standard InChI is InChI=1S/C15H19ClN2O3S/c1-22(20,21)17-14-3-2-10-18(11-14)15(19)9-6-12-4-7-13(16)8-5-12/h4-9,14,17H,2-3,10-11H2,1H3/b9-6+/t14-/m0/s1. The van der Waals surface area contributed by atoms with Gasteiger partial charge in [-0.3, -0.25) is 4.79 Å². The first-order valence-corrected chi connectivity index (χ1v) is 9.30. The van der Waals surface area contributed by atoms with Crippen LogP contribution in [0.3, 0.4) is 0 Å². The highest BCUT2D eigenvalue weighted by Crippen LogP contribution is 2.13. The Morgan fingerprint density at radius 3 is 2.68 bits per heavy atom. The first kappa shape index (κ1) is 17.0. The molecular weight excluding hydrogens is 324 g/mol. The number of likely N-dealkylation sites (tertiary alicyclic amines) is 1. The Hall–Kier alpha value is -1.37. The summed E-state index contributed by atoms with van der Waals surface area (Å²) >= 11 is 5.81. The van der Waals surface area contributed by atoms with Crippen molar-refractivity contribution in [2.75, 3.05) is 19.3 Å². The van der Waals surface area contributed by atoms with Gasteiger partial charge in [0.1, 0.15) is 0 Å². The molecule has 0 unspecified atom stereocenters. The van der Waals surface area contributed by atoms with Gasteiger partial charge in [0, 0.05) is 30.2 Å². The molecule has 1 amide bonds. The Balaban J connectivity index is 1.95. The second kappa shape index (κ2) is 7.26. The minimum atomic E-state index is -3.25. The molecule has 120 valence electrons. The van der Waals surface area contributed by atoms with Crippen LogP contribution < -0.4 is 4.72 Å². The molecule has 0 saturated carbocycles. The van der Waals surface area contributed by atoms with Gasteiger partial charge in [0.15, 0.2) is 0 Å². The van der Waals surface area contributed by atoms with E-state index in [-0.39, 0.29) is 11.9 Å². The van der Waals surface area contributed by atoms with Gasteiger partial charge in [0.2, 0.25) is 15.9 Å². The van der Waals surface area contributed by atoms with Crippen LogP contribution in [-0.2, 0) is 14.8 Å². The summed E-state index contributed by atoms with van der Waals surface area (Å²) in [5.74, 6) is -0.116. The van der Waals surface area contributed by atoms with Gasteiger partial charge in [-0.15, -0.1) is 0 Å². The van der Waals surface area contributed by atoms with Gasteiger partial charge in [-0.05, 0) is 36.6 Å². The lowest BCUT2D eigenvalue weighted by Crippen LogP contribution is -2.48. The van der Waals surface area contributed by atoms with Crippen molar-refractivity contribution in [2.24, 2.45) is 0 Å². The van der Waals surface area contributed by atoms with E-state index in [9.17, 15) is 13.2 Å². The molecule has 1 aliphatic heterocycles. The predicted octanol–water partition coefficient (Wildman–Crippen LogP) is 1.89. The molecule has 1 heterocycles. The van der Waals surface area contributed by atoms with E-state index in [1.54, 1.807) is 23.1 Å². The van der Waals surface area contributed by atoms with Gasteiger partial charge in [0.05, 0.1) is 6.26 Å². The number of amides is 1. The Labute approximate surface area is 136 Å². The summed E-state index contributed by atoms with van der Waals surface area (Å²) in [5.41, 5.74) is 0.889. The quantitative estimate of drug-likeness (QED) is 0.850. The first-order chi connectivity index (χ1) is 10.3. The molecule has 0 spiro atoms.